The zero-order chi connectivity index (χ0) is 17.0. The highest BCUT2D eigenvalue weighted by Crippen LogP contribution is 2.31. The van der Waals surface area contributed by atoms with E-state index in [0.29, 0.717) is 11.1 Å². The van der Waals surface area contributed by atoms with Gasteiger partial charge in [0.05, 0.1) is 34.2 Å². The van der Waals surface area contributed by atoms with E-state index in [9.17, 15) is 13.2 Å². The molecule has 0 aliphatic rings. The number of ether oxygens (including phenoxy) is 1. The van der Waals surface area contributed by atoms with Crippen LogP contribution < -0.4 is 4.72 Å². The van der Waals surface area contributed by atoms with Gasteiger partial charge in [0.1, 0.15) is 0 Å². The second kappa shape index (κ2) is 7.21. The number of carbonyl (C=O) groups excluding carboxylic acids is 1. The van der Waals surface area contributed by atoms with Gasteiger partial charge in [0.2, 0.25) is 10.0 Å². The van der Waals surface area contributed by atoms with Crippen molar-refractivity contribution in [2.75, 3.05) is 11.8 Å². The second-order valence-corrected chi connectivity index (χ2v) is 7.18. The first-order valence-corrected chi connectivity index (χ1v) is 8.85. The zero-order valence-electron chi connectivity index (χ0n) is 12.0. The van der Waals surface area contributed by atoms with Gasteiger partial charge in [0.25, 0.3) is 0 Å². The van der Waals surface area contributed by atoms with Crippen molar-refractivity contribution in [3.8, 4) is 0 Å². The van der Waals surface area contributed by atoms with E-state index in [-0.39, 0.29) is 21.5 Å². The Morgan fingerprint density at radius 2 is 1.65 bits per heavy atom. The fourth-order valence-electron chi connectivity index (χ4n) is 1.86. The molecule has 0 amide bonds. The summed E-state index contributed by atoms with van der Waals surface area (Å²) in [6.45, 7) is 0. The fourth-order valence-corrected chi connectivity index (χ4v) is 3.70. The molecule has 5 nitrogen and oxygen atoms in total. The van der Waals surface area contributed by atoms with Crippen molar-refractivity contribution in [1.82, 2.24) is 0 Å². The van der Waals surface area contributed by atoms with Crippen LogP contribution in [0.4, 0.5) is 5.69 Å². The largest absolute Gasteiger partial charge is 0.465 e. The lowest BCUT2D eigenvalue weighted by atomic mass is 10.1. The number of carbonyl (C=O) groups is 1. The third-order valence-corrected chi connectivity index (χ3v) is 4.81. The predicted molar refractivity (Wildman–Crippen MR) is 90.5 cm³/mol. The Bertz CT molecular complexity index is 800. The average Bonchev–Trinajstić information content (AvgIpc) is 2.51. The van der Waals surface area contributed by atoms with Crippen LogP contribution >= 0.6 is 23.2 Å². The molecule has 0 saturated carbocycles. The number of para-hydroxylation sites is 1. The maximum atomic E-state index is 12.2. The molecule has 122 valence electrons. The van der Waals surface area contributed by atoms with Gasteiger partial charge in [0.15, 0.2) is 0 Å². The number of halogens is 2. The third kappa shape index (κ3) is 4.60. The summed E-state index contributed by atoms with van der Waals surface area (Å²) < 4.78 is 31.4. The molecule has 0 saturated heterocycles. The maximum Gasteiger partial charge on any atom is 0.337 e. The van der Waals surface area contributed by atoms with Crippen LogP contribution in [0.1, 0.15) is 15.9 Å². The molecule has 0 aliphatic carbocycles. The van der Waals surface area contributed by atoms with Crippen LogP contribution in [-0.2, 0) is 20.5 Å². The van der Waals surface area contributed by atoms with Crippen molar-refractivity contribution in [2.24, 2.45) is 0 Å². The van der Waals surface area contributed by atoms with Crippen molar-refractivity contribution in [3.63, 3.8) is 0 Å². The first-order chi connectivity index (χ1) is 10.8. The van der Waals surface area contributed by atoms with Gasteiger partial charge >= 0.3 is 5.97 Å². The molecule has 0 bridgehead atoms. The third-order valence-electron chi connectivity index (χ3n) is 2.95. The predicted octanol–water partition coefficient (Wildman–Crippen LogP) is 3.72. The van der Waals surface area contributed by atoms with Gasteiger partial charge in [-0.15, -0.1) is 0 Å². The summed E-state index contributed by atoms with van der Waals surface area (Å²) in [5, 5.41) is 0.421. The van der Waals surface area contributed by atoms with Crippen LogP contribution in [0.2, 0.25) is 10.0 Å². The normalized spacial score (nSPS) is 11.1. The number of hydrogen-bond donors (Lipinski definition) is 1. The van der Waals surface area contributed by atoms with Crippen molar-refractivity contribution in [1.29, 1.82) is 0 Å². The van der Waals surface area contributed by atoms with Crippen LogP contribution in [0, 0.1) is 0 Å². The Kier molecular flexibility index (Phi) is 5.51. The van der Waals surface area contributed by atoms with Gasteiger partial charge in [-0.1, -0.05) is 41.4 Å². The molecule has 0 fully saturated rings. The van der Waals surface area contributed by atoms with Gasteiger partial charge in [-0.3, -0.25) is 4.72 Å². The standard InChI is InChI=1S/C15H13Cl2NO4S/c1-22-15(19)11-7-5-10(6-8-11)9-23(20,21)18-14-12(16)3-2-4-13(14)17/h2-8,18H,9H2,1H3. The molecule has 23 heavy (non-hydrogen) atoms. The number of benzene rings is 2. The van der Waals surface area contributed by atoms with Crippen molar-refractivity contribution >= 4 is 44.9 Å². The lowest BCUT2D eigenvalue weighted by molar-refractivity contribution is 0.0600. The molecule has 2 rings (SSSR count). The van der Waals surface area contributed by atoms with Gasteiger partial charge in [0, 0.05) is 0 Å². The van der Waals surface area contributed by atoms with E-state index in [1.807, 2.05) is 0 Å². The number of hydrogen-bond acceptors (Lipinski definition) is 4. The molecule has 0 spiro atoms. The Labute approximate surface area is 144 Å². The summed E-state index contributed by atoms with van der Waals surface area (Å²) in [5.74, 6) is -0.767. The summed E-state index contributed by atoms with van der Waals surface area (Å²) in [6, 6.07) is 10.8. The Morgan fingerprint density at radius 3 is 2.17 bits per heavy atom. The highest BCUT2D eigenvalue weighted by Gasteiger charge is 2.16. The Balaban J connectivity index is 2.17. The van der Waals surface area contributed by atoms with E-state index < -0.39 is 16.0 Å². The fraction of sp³-hybridized carbons (Fsp3) is 0.133. The van der Waals surface area contributed by atoms with Crippen LogP contribution in [0.15, 0.2) is 42.5 Å². The van der Waals surface area contributed by atoms with Gasteiger partial charge in [-0.25, -0.2) is 13.2 Å². The highest BCUT2D eigenvalue weighted by molar-refractivity contribution is 7.91. The summed E-state index contributed by atoms with van der Waals surface area (Å²) in [7, 11) is -2.43. The van der Waals surface area contributed by atoms with Crippen molar-refractivity contribution < 1.29 is 17.9 Å². The molecular formula is C15H13Cl2NO4S. The number of esters is 1. The van der Waals surface area contributed by atoms with E-state index in [1.54, 1.807) is 18.2 Å². The quantitative estimate of drug-likeness (QED) is 0.810. The minimum atomic E-state index is -3.71. The molecular weight excluding hydrogens is 361 g/mol. The minimum Gasteiger partial charge on any atom is -0.465 e. The summed E-state index contributed by atoms with van der Waals surface area (Å²) in [4.78, 5) is 11.3. The number of sulfonamides is 1. The van der Waals surface area contributed by atoms with Crippen LogP contribution in [0.3, 0.4) is 0 Å². The van der Waals surface area contributed by atoms with E-state index >= 15 is 0 Å². The monoisotopic (exact) mass is 373 g/mol. The van der Waals surface area contributed by atoms with Crippen LogP contribution in [-0.4, -0.2) is 21.5 Å². The number of anilines is 1. The van der Waals surface area contributed by atoms with Gasteiger partial charge in [-0.05, 0) is 29.8 Å². The highest BCUT2D eigenvalue weighted by atomic mass is 35.5. The van der Waals surface area contributed by atoms with E-state index in [2.05, 4.69) is 9.46 Å². The molecule has 0 aromatic heterocycles. The summed E-state index contributed by atoms with van der Waals surface area (Å²) >= 11 is 11.9. The molecule has 8 heteroatoms. The molecule has 0 aliphatic heterocycles. The van der Waals surface area contributed by atoms with Gasteiger partial charge in [-0.2, -0.15) is 0 Å². The van der Waals surface area contributed by atoms with Crippen LogP contribution in [0.25, 0.3) is 0 Å². The topological polar surface area (TPSA) is 72.5 Å². The SMILES string of the molecule is COC(=O)c1ccc(CS(=O)(=O)Nc2c(Cl)cccc2Cl)cc1. The maximum absolute atomic E-state index is 12.2. The van der Waals surface area contributed by atoms with Crippen molar-refractivity contribution in [2.45, 2.75) is 5.75 Å². The summed E-state index contributed by atoms with van der Waals surface area (Å²) in [5.41, 5.74) is 0.992. The Hall–Kier alpha value is -1.76. The smallest absolute Gasteiger partial charge is 0.337 e. The second-order valence-electron chi connectivity index (χ2n) is 4.65. The molecule has 2 aromatic carbocycles. The van der Waals surface area contributed by atoms with Crippen molar-refractivity contribution in [3.05, 3.63) is 63.6 Å². The average molecular weight is 374 g/mol. The molecule has 2 aromatic rings. The van der Waals surface area contributed by atoms with E-state index in [1.165, 1.54) is 31.4 Å². The Morgan fingerprint density at radius 1 is 1.09 bits per heavy atom. The summed E-state index contributed by atoms with van der Waals surface area (Å²) in [6.07, 6.45) is 0. The first-order valence-electron chi connectivity index (χ1n) is 6.44. The molecule has 0 unspecified atom stereocenters. The molecule has 1 N–H and O–H groups in total. The lowest BCUT2D eigenvalue weighted by Crippen LogP contribution is -2.15. The molecule has 0 atom stereocenters. The van der Waals surface area contributed by atoms with E-state index in [0.717, 1.165) is 0 Å². The van der Waals surface area contributed by atoms with Crippen LogP contribution in [0.5, 0.6) is 0 Å². The lowest BCUT2D eigenvalue weighted by Gasteiger charge is -2.11. The molecule has 0 heterocycles. The zero-order valence-corrected chi connectivity index (χ0v) is 14.4. The number of methoxy groups -OCH3 is 1. The number of rotatable bonds is 5. The number of nitrogens with one attached hydrogen (secondary N) is 1. The van der Waals surface area contributed by atoms with E-state index in [4.69, 9.17) is 23.2 Å². The van der Waals surface area contributed by atoms with Gasteiger partial charge < -0.3 is 4.74 Å². The minimum absolute atomic E-state index is 0.141. The first kappa shape index (κ1) is 17.6. The molecule has 0 radical (unpaired) electrons.